The number of hydrogen-bond acceptors (Lipinski definition) is 5. The summed E-state index contributed by atoms with van der Waals surface area (Å²) in [6.07, 6.45) is 5.46. The first kappa shape index (κ1) is 17.7. The minimum absolute atomic E-state index is 0.0480. The molecule has 136 valence electrons. The van der Waals surface area contributed by atoms with E-state index < -0.39 is 0 Å². The first-order chi connectivity index (χ1) is 12.2. The van der Waals surface area contributed by atoms with Gasteiger partial charge in [-0.1, -0.05) is 0 Å². The summed E-state index contributed by atoms with van der Waals surface area (Å²) in [4.78, 5) is 4.67. The number of hydrogen-bond donors (Lipinski definition) is 2. The monoisotopic (exact) mass is 345 g/mol. The molecule has 1 aromatic heterocycles. The van der Waals surface area contributed by atoms with Crippen LogP contribution >= 0.6 is 0 Å². The van der Waals surface area contributed by atoms with Crippen molar-refractivity contribution in [3.05, 3.63) is 11.6 Å². The third kappa shape index (κ3) is 4.48. The van der Waals surface area contributed by atoms with Crippen LogP contribution in [0.1, 0.15) is 43.8 Å². The van der Waals surface area contributed by atoms with Gasteiger partial charge in [0.25, 0.3) is 0 Å². The number of aryl methyl sites for hydroxylation is 1. The zero-order chi connectivity index (χ0) is 17.6. The highest BCUT2D eigenvalue weighted by Gasteiger charge is 2.28. The lowest BCUT2D eigenvalue weighted by atomic mass is 10.1. The van der Waals surface area contributed by atoms with E-state index in [1.807, 2.05) is 18.5 Å². The summed E-state index contributed by atoms with van der Waals surface area (Å²) in [5.41, 5.74) is 0. The van der Waals surface area contributed by atoms with E-state index in [0.717, 1.165) is 62.9 Å². The first-order valence-electron chi connectivity index (χ1n) is 9.08. The van der Waals surface area contributed by atoms with Gasteiger partial charge < -0.3 is 19.9 Å². The third-order valence-electron chi connectivity index (χ3n) is 5.09. The Morgan fingerprint density at radius 1 is 1.36 bits per heavy atom. The van der Waals surface area contributed by atoms with E-state index in [1.54, 1.807) is 0 Å². The molecule has 1 saturated carbocycles. The maximum Gasteiger partial charge on any atom is 0.192 e. The second-order valence-corrected chi connectivity index (χ2v) is 6.82. The van der Waals surface area contributed by atoms with Crippen molar-refractivity contribution in [2.24, 2.45) is 18.0 Å². The molecule has 1 aliphatic carbocycles. The van der Waals surface area contributed by atoms with Crippen LogP contribution in [0.15, 0.2) is 4.99 Å². The van der Waals surface area contributed by atoms with Crippen LogP contribution in [0.25, 0.3) is 0 Å². The molecule has 1 aliphatic heterocycles. The van der Waals surface area contributed by atoms with Gasteiger partial charge in [-0.25, -0.2) is 4.99 Å². The van der Waals surface area contributed by atoms with Crippen LogP contribution in [-0.2, 0) is 18.3 Å². The third-order valence-corrected chi connectivity index (χ3v) is 5.09. The molecule has 0 spiro atoms. The minimum atomic E-state index is 0.0480. The Hall–Kier alpha value is -2.14. The molecule has 3 unspecified atom stereocenters. The Kier molecular flexibility index (Phi) is 5.87. The standard InChI is InChI=1S/C17H27N7O/c1-12-22-23-16(24(12)2)11-20-17(19-10-14-6-4-8-25-14)21-15-7-3-5-13(15)9-18/h13-15H,3-8,10-11H2,1-2H3,(H2,19,20,21). The lowest BCUT2D eigenvalue weighted by Gasteiger charge is -2.21. The summed E-state index contributed by atoms with van der Waals surface area (Å²) in [6, 6.07) is 2.56. The highest BCUT2D eigenvalue weighted by molar-refractivity contribution is 5.80. The lowest BCUT2D eigenvalue weighted by Crippen LogP contribution is -2.46. The molecule has 2 aliphatic rings. The topological polar surface area (TPSA) is 100 Å². The highest BCUT2D eigenvalue weighted by atomic mass is 16.5. The molecule has 0 bridgehead atoms. The van der Waals surface area contributed by atoms with Crippen LogP contribution < -0.4 is 10.6 Å². The maximum atomic E-state index is 9.31. The molecule has 25 heavy (non-hydrogen) atoms. The summed E-state index contributed by atoms with van der Waals surface area (Å²) in [7, 11) is 1.94. The molecule has 3 atom stereocenters. The van der Waals surface area contributed by atoms with Gasteiger partial charge in [0.2, 0.25) is 0 Å². The van der Waals surface area contributed by atoms with Crippen molar-refractivity contribution >= 4 is 5.96 Å². The SMILES string of the molecule is Cc1nnc(CN=C(NCC2CCCO2)NC2CCCC2C#N)n1C. The van der Waals surface area contributed by atoms with Crippen molar-refractivity contribution in [3.8, 4) is 6.07 Å². The van der Waals surface area contributed by atoms with E-state index in [4.69, 9.17) is 4.74 Å². The molecule has 2 heterocycles. The Morgan fingerprint density at radius 2 is 2.24 bits per heavy atom. The average Bonchev–Trinajstić information content (AvgIpc) is 3.34. The van der Waals surface area contributed by atoms with Crippen LogP contribution in [-0.4, -0.2) is 46.0 Å². The molecule has 1 saturated heterocycles. The van der Waals surface area contributed by atoms with E-state index in [2.05, 4.69) is 31.9 Å². The molecule has 0 radical (unpaired) electrons. The van der Waals surface area contributed by atoms with Gasteiger partial charge in [-0.3, -0.25) is 0 Å². The van der Waals surface area contributed by atoms with Crippen molar-refractivity contribution in [1.29, 1.82) is 5.26 Å². The molecule has 8 nitrogen and oxygen atoms in total. The number of nitriles is 1. The van der Waals surface area contributed by atoms with Gasteiger partial charge in [0, 0.05) is 26.2 Å². The average molecular weight is 345 g/mol. The summed E-state index contributed by atoms with van der Waals surface area (Å²) in [6.45, 7) is 3.93. The summed E-state index contributed by atoms with van der Waals surface area (Å²) >= 11 is 0. The van der Waals surface area contributed by atoms with E-state index >= 15 is 0 Å². The number of ether oxygens (including phenoxy) is 1. The number of guanidine groups is 1. The fourth-order valence-corrected chi connectivity index (χ4v) is 3.37. The molecule has 1 aromatic rings. The van der Waals surface area contributed by atoms with Crippen molar-refractivity contribution in [1.82, 2.24) is 25.4 Å². The highest BCUT2D eigenvalue weighted by Crippen LogP contribution is 2.24. The Labute approximate surface area is 148 Å². The number of aromatic nitrogens is 3. The molecule has 0 aromatic carbocycles. The first-order valence-corrected chi connectivity index (χ1v) is 9.08. The van der Waals surface area contributed by atoms with Crippen molar-refractivity contribution < 1.29 is 4.74 Å². The van der Waals surface area contributed by atoms with Gasteiger partial charge in [-0.05, 0) is 39.0 Å². The molecular weight excluding hydrogens is 318 g/mol. The molecule has 0 amide bonds. The fraction of sp³-hybridized carbons (Fsp3) is 0.765. The largest absolute Gasteiger partial charge is 0.376 e. The van der Waals surface area contributed by atoms with Crippen molar-refractivity contribution in [3.63, 3.8) is 0 Å². The number of nitrogens with one attached hydrogen (secondary N) is 2. The molecule has 8 heteroatoms. The maximum absolute atomic E-state index is 9.31. The van der Waals surface area contributed by atoms with Crippen molar-refractivity contribution in [2.75, 3.05) is 13.2 Å². The Morgan fingerprint density at radius 3 is 2.92 bits per heavy atom. The van der Waals surface area contributed by atoms with Crippen LogP contribution in [0.5, 0.6) is 0 Å². The van der Waals surface area contributed by atoms with Gasteiger partial charge in [-0.2, -0.15) is 5.26 Å². The normalized spacial score (nSPS) is 26.6. The predicted octanol–water partition coefficient (Wildman–Crippen LogP) is 1.03. The minimum Gasteiger partial charge on any atom is -0.376 e. The quantitative estimate of drug-likeness (QED) is 0.611. The molecule has 3 rings (SSSR count). The van der Waals surface area contributed by atoms with Crippen LogP contribution in [0.2, 0.25) is 0 Å². The van der Waals surface area contributed by atoms with Crippen LogP contribution in [0, 0.1) is 24.2 Å². The van der Waals surface area contributed by atoms with E-state index in [-0.39, 0.29) is 18.1 Å². The summed E-state index contributed by atoms with van der Waals surface area (Å²) in [5.74, 6) is 2.46. The fourth-order valence-electron chi connectivity index (χ4n) is 3.37. The Balaban J connectivity index is 1.65. The lowest BCUT2D eigenvalue weighted by molar-refractivity contribution is 0.113. The molecule has 2 fully saturated rings. The predicted molar refractivity (Wildman–Crippen MR) is 93.7 cm³/mol. The summed E-state index contributed by atoms with van der Waals surface area (Å²) < 4.78 is 7.62. The van der Waals surface area contributed by atoms with E-state index in [9.17, 15) is 5.26 Å². The second-order valence-electron chi connectivity index (χ2n) is 6.82. The van der Waals surface area contributed by atoms with E-state index in [0.29, 0.717) is 6.54 Å². The van der Waals surface area contributed by atoms with Gasteiger partial charge >= 0.3 is 0 Å². The zero-order valence-electron chi connectivity index (χ0n) is 15.0. The van der Waals surface area contributed by atoms with Crippen LogP contribution in [0.3, 0.4) is 0 Å². The number of nitrogens with zero attached hydrogens (tertiary/aromatic N) is 5. The summed E-state index contributed by atoms with van der Waals surface area (Å²) in [5, 5.41) is 24.4. The number of rotatable bonds is 5. The number of aliphatic imine (C=N–C) groups is 1. The van der Waals surface area contributed by atoms with Crippen LogP contribution in [0.4, 0.5) is 0 Å². The zero-order valence-corrected chi connectivity index (χ0v) is 15.0. The Bertz CT molecular complexity index is 642. The van der Waals surface area contributed by atoms with Gasteiger partial charge in [0.05, 0.1) is 18.1 Å². The van der Waals surface area contributed by atoms with Gasteiger partial charge in [0.15, 0.2) is 11.8 Å². The smallest absolute Gasteiger partial charge is 0.192 e. The second kappa shape index (κ2) is 8.30. The van der Waals surface area contributed by atoms with Gasteiger partial charge in [-0.15, -0.1) is 10.2 Å². The van der Waals surface area contributed by atoms with Gasteiger partial charge in [0.1, 0.15) is 12.4 Å². The molecule has 2 N–H and O–H groups in total. The van der Waals surface area contributed by atoms with Crippen molar-refractivity contribution in [2.45, 2.75) is 57.7 Å². The molecular formula is C17H27N7O. The van der Waals surface area contributed by atoms with E-state index in [1.165, 1.54) is 0 Å².